The van der Waals surface area contributed by atoms with Crippen LogP contribution in [0.1, 0.15) is 15.9 Å². The van der Waals surface area contributed by atoms with Crippen molar-refractivity contribution in [3.63, 3.8) is 0 Å². The molecule has 0 aliphatic carbocycles. The number of Topliss-reactive ketones (excluding diaryl/α,β-unsaturated/α-hetero) is 1. The van der Waals surface area contributed by atoms with Crippen LogP contribution in [0.3, 0.4) is 0 Å². The van der Waals surface area contributed by atoms with E-state index in [2.05, 4.69) is 4.98 Å². The van der Waals surface area contributed by atoms with E-state index in [4.69, 9.17) is 11.6 Å². The highest BCUT2D eigenvalue weighted by atomic mass is 35.5. The Morgan fingerprint density at radius 3 is 2.82 bits per heavy atom. The zero-order chi connectivity index (χ0) is 12.3. The maximum absolute atomic E-state index is 13.5. The molecule has 0 bridgehead atoms. The molecule has 1 heterocycles. The van der Waals surface area contributed by atoms with Crippen molar-refractivity contribution in [3.8, 4) is 0 Å². The van der Waals surface area contributed by atoms with E-state index in [0.29, 0.717) is 16.1 Å². The zero-order valence-corrected chi connectivity index (χ0v) is 9.62. The van der Waals surface area contributed by atoms with Crippen LogP contribution in [0.4, 0.5) is 4.39 Å². The van der Waals surface area contributed by atoms with Crippen LogP contribution in [0.2, 0.25) is 5.02 Å². The quantitative estimate of drug-likeness (QED) is 0.782. The van der Waals surface area contributed by atoms with Gasteiger partial charge in [-0.1, -0.05) is 17.7 Å². The normalized spacial score (nSPS) is 10.2. The molecule has 2 nitrogen and oxygen atoms in total. The van der Waals surface area contributed by atoms with E-state index < -0.39 is 5.82 Å². The highest BCUT2D eigenvalue weighted by Crippen LogP contribution is 2.16. The lowest BCUT2D eigenvalue weighted by molar-refractivity contribution is 0.0991. The van der Waals surface area contributed by atoms with Gasteiger partial charge in [0.15, 0.2) is 5.78 Å². The number of nitrogens with zero attached hydrogens (tertiary/aromatic N) is 1. The van der Waals surface area contributed by atoms with Gasteiger partial charge in [-0.3, -0.25) is 9.78 Å². The molecular formula is C13H9ClFNO. The van der Waals surface area contributed by atoms with Gasteiger partial charge in [-0.25, -0.2) is 4.39 Å². The number of rotatable bonds is 3. The number of carbonyl (C=O) groups excluding carboxylic acids is 1. The van der Waals surface area contributed by atoms with Crippen molar-refractivity contribution in [1.82, 2.24) is 4.98 Å². The van der Waals surface area contributed by atoms with Crippen molar-refractivity contribution < 1.29 is 9.18 Å². The van der Waals surface area contributed by atoms with Crippen molar-refractivity contribution in [1.29, 1.82) is 0 Å². The molecule has 86 valence electrons. The van der Waals surface area contributed by atoms with E-state index in [1.165, 1.54) is 18.3 Å². The second-order valence-corrected chi connectivity index (χ2v) is 4.01. The fourth-order valence-electron chi connectivity index (χ4n) is 1.47. The third-order valence-electron chi connectivity index (χ3n) is 2.35. The molecular weight excluding hydrogens is 241 g/mol. The summed E-state index contributed by atoms with van der Waals surface area (Å²) in [7, 11) is 0. The predicted octanol–water partition coefficient (Wildman–Crippen LogP) is 3.30. The monoisotopic (exact) mass is 249 g/mol. The summed E-state index contributed by atoms with van der Waals surface area (Å²) in [6.07, 6.45) is 3.06. The van der Waals surface area contributed by atoms with E-state index in [1.54, 1.807) is 24.4 Å². The van der Waals surface area contributed by atoms with Crippen molar-refractivity contribution in [2.45, 2.75) is 6.42 Å². The molecule has 0 amide bonds. The number of pyridine rings is 1. The third-order valence-corrected chi connectivity index (χ3v) is 2.58. The Kier molecular flexibility index (Phi) is 3.49. The second kappa shape index (κ2) is 5.06. The van der Waals surface area contributed by atoms with E-state index in [-0.39, 0.29) is 12.2 Å². The van der Waals surface area contributed by atoms with Crippen LogP contribution in [0, 0.1) is 5.82 Å². The van der Waals surface area contributed by atoms with Crippen LogP contribution < -0.4 is 0 Å². The zero-order valence-electron chi connectivity index (χ0n) is 8.86. The van der Waals surface area contributed by atoms with Crippen molar-refractivity contribution in [2.75, 3.05) is 0 Å². The maximum atomic E-state index is 13.5. The molecule has 0 spiro atoms. The highest BCUT2D eigenvalue weighted by molar-refractivity contribution is 6.30. The summed E-state index contributed by atoms with van der Waals surface area (Å²) >= 11 is 5.64. The lowest BCUT2D eigenvalue weighted by Crippen LogP contribution is -2.05. The number of hydrogen-bond acceptors (Lipinski definition) is 2. The molecule has 0 fully saturated rings. The van der Waals surface area contributed by atoms with Crippen LogP contribution in [0.25, 0.3) is 0 Å². The Hall–Kier alpha value is -1.74. The van der Waals surface area contributed by atoms with Crippen LogP contribution >= 0.6 is 11.6 Å². The Morgan fingerprint density at radius 1 is 1.35 bits per heavy atom. The van der Waals surface area contributed by atoms with Crippen molar-refractivity contribution in [3.05, 3.63) is 64.7 Å². The summed E-state index contributed by atoms with van der Waals surface area (Å²) in [5.74, 6) is -0.630. The first-order chi connectivity index (χ1) is 8.16. The van der Waals surface area contributed by atoms with Crippen LogP contribution in [0.15, 0.2) is 42.7 Å². The van der Waals surface area contributed by atoms with Crippen molar-refractivity contribution >= 4 is 17.4 Å². The third kappa shape index (κ3) is 2.88. The topological polar surface area (TPSA) is 30.0 Å². The van der Waals surface area contributed by atoms with E-state index in [0.717, 1.165) is 0 Å². The number of benzene rings is 1. The Balaban J connectivity index is 2.19. The fraction of sp³-hybridized carbons (Fsp3) is 0.0769. The second-order valence-electron chi connectivity index (χ2n) is 3.58. The number of carbonyl (C=O) groups is 1. The molecule has 2 rings (SSSR count). The van der Waals surface area contributed by atoms with Gasteiger partial charge < -0.3 is 0 Å². The molecule has 1 aromatic heterocycles. The van der Waals surface area contributed by atoms with Gasteiger partial charge in [0.05, 0.1) is 0 Å². The predicted molar refractivity (Wildman–Crippen MR) is 63.7 cm³/mol. The van der Waals surface area contributed by atoms with Gasteiger partial charge in [-0.15, -0.1) is 0 Å². The summed E-state index contributed by atoms with van der Waals surface area (Å²) in [5.41, 5.74) is 0.810. The molecule has 0 N–H and O–H groups in total. The van der Waals surface area contributed by atoms with Gasteiger partial charge >= 0.3 is 0 Å². The minimum Gasteiger partial charge on any atom is -0.294 e. The summed E-state index contributed by atoms with van der Waals surface area (Å²) < 4.78 is 13.5. The first kappa shape index (κ1) is 11.7. The number of ketones is 1. The molecule has 0 unspecified atom stereocenters. The highest BCUT2D eigenvalue weighted by Gasteiger charge is 2.10. The van der Waals surface area contributed by atoms with Crippen molar-refractivity contribution in [2.24, 2.45) is 0 Å². The average Bonchev–Trinajstić information content (AvgIpc) is 2.34. The largest absolute Gasteiger partial charge is 0.294 e. The maximum Gasteiger partial charge on any atom is 0.168 e. The summed E-state index contributed by atoms with van der Waals surface area (Å²) in [6.45, 7) is 0. The molecule has 2 aromatic rings. The van der Waals surface area contributed by atoms with Gasteiger partial charge in [-0.2, -0.15) is 0 Å². The van der Waals surface area contributed by atoms with E-state index in [9.17, 15) is 9.18 Å². The summed E-state index contributed by atoms with van der Waals surface area (Å²) in [5, 5.41) is 0.320. The lowest BCUT2D eigenvalue weighted by atomic mass is 10.0. The molecule has 0 saturated carbocycles. The van der Waals surface area contributed by atoms with Gasteiger partial charge in [0.25, 0.3) is 0 Å². The van der Waals surface area contributed by atoms with Gasteiger partial charge in [0.1, 0.15) is 5.82 Å². The molecule has 0 aliphatic heterocycles. The van der Waals surface area contributed by atoms with E-state index >= 15 is 0 Å². The SMILES string of the molecule is O=C(Cc1ccc(Cl)cc1F)c1cccnc1. The Labute approximate surface area is 103 Å². The standard InChI is InChI=1S/C13H9ClFNO/c14-11-4-3-9(12(15)7-11)6-13(17)10-2-1-5-16-8-10/h1-5,7-8H,6H2. The van der Waals surface area contributed by atoms with Crippen LogP contribution in [-0.2, 0) is 6.42 Å². The van der Waals surface area contributed by atoms with Crippen LogP contribution in [0.5, 0.6) is 0 Å². The van der Waals surface area contributed by atoms with Gasteiger partial charge in [0, 0.05) is 29.4 Å². The number of halogens is 2. The number of hydrogen-bond donors (Lipinski definition) is 0. The molecule has 0 saturated heterocycles. The summed E-state index contributed by atoms with van der Waals surface area (Å²) in [4.78, 5) is 15.7. The molecule has 0 atom stereocenters. The molecule has 17 heavy (non-hydrogen) atoms. The molecule has 0 radical (unpaired) electrons. The Morgan fingerprint density at radius 2 is 2.18 bits per heavy atom. The molecule has 1 aromatic carbocycles. The smallest absolute Gasteiger partial charge is 0.168 e. The molecule has 4 heteroatoms. The summed E-state index contributed by atoms with van der Waals surface area (Å²) in [6, 6.07) is 7.62. The minimum absolute atomic E-state index is 0.00863. The van der Waals surface area contributed by atoms with Crippen LogP contribution in [-0.4, -0.2) is 10.8 Å². The number of aromatic nitrogens is 1. The minimum atomic E-state index is -0.463. The molecule has 0 aliphatic rings. The van der Waals surface area contributed by atoms with Gasteiger partial charge in [-0.05, 0) is 29.8 Å². The fourth-order valence-corrected chi connectivity index (χ4v) is 1.63. The average molecular weight is 250 g/mol. The Bertz CT molecular complexity index is 542. The first-order valence-corrected chi connectivity index (χ1v) is 5.42. The first-order valence-electron chi connectivity index (χ1n) is 5.04. The van der Waals surface area contributed by atoms with E-state index in [1.807, 2.05) is 0 Å². The van der Waals surface area contributed by atoms with Gasteiger partial charge in [0.2, 0.25) is 0 Å². The lowest BCUT2D eigenvalue weighted by Gasteiger charge is -2.03.